The van der Waals surface area contributed by atoms with Gasteiger partial charge in [0.2, 0.25) is 5.91 Å². The summed E-state index contributed by atoms with van der Waals surface area (Å²) in [4.78, 5) is 11.3. The fourth-order valence-electron chi connectivity index (χ4n) is 1.03. The smallest absolute Gasteiger partial charge is 0.241 e. The zero-order chi connectivity index (χ0) is 11.8. The van der Waals surface area contributed by atoms with Gasteiger partial charge in [0.25, 0.3) is 0 Å². The Morgan fingerprint density at radius 1 is 1.62 bits per heavy atom. The molecule has 0 spiro atoms. The third-order valence-electron chi connectivity index (χ3n) is 1.69. The number of nitrogens with zero attached hydrogens (tertiary/aromatic N) is 3. The van der Waals surface area contributed by atoms with Crippen molar-refractivity contribution in [3.8, 4) is 0 Å². The Morgan fingerprint density at radius 2 is 2.44 bits per heavy atom. The van der Waals surface area contributed by atoms with Crippen molar-refractivity contribution in [2.75, 3.05) is 19.8 Å². The topological polar surface area (TPSA) is 69.0 Å². The fourth-order valence-corrected chi connectivity index (χ4v) is 1.03. The van der Waals surface area contributed by atoms with Crippen LogP contribution in [0.15, 0.2) is 24.5 Å². The second-order valence-corrected chi connectivity index (χ2v) is 3.46. The predicted molar refractivity (Wildman–Crippen MR) is 58.7 cm³/mol. The zero-order valence-corrected chi connectivity index (χ0v) is 9.35. The SMILES string of the molecule is C=C(C)COCCNC(=O)Cn1ccnn1. The van der Waals surface area contributed by atoms with E-state index < -0.39 is 0 Å². The minimum absolute atomic E-state index is 0.107. The van der Waals surface area contributed by atoms with E-state index >= 15 is 0 Å². The molecule has 0 bridgehead atoms. The number of hydrogen-bond donors (Lipinski definition) is 1. The van der Waals surface area contributed by atoms with Crippen molar-refractivity contribution in [1.82, 2.24) is 20.3 Å². The van der Waals surface area contributed by atoms with Gasteiger partial charge in [0.05, 0.1) is 19.4 Å². The molecule has 1 amide bonds. The van der Waals surface area contributed by atoms with Gasteiger partial charge in [-0.2, -0.15) is 0 Å². The minimum Gasteiger partial charge on any atom is -0.375 e. The van der Waals surface area contributed by atoms with Crippen molar-refractivity contribution in [3.05, 3.63) is 24.5 Å². The van der Waals surface area contributed by atoms with Crippen molar-refractivity contribution < 1.29 is 9.53 Å². The first-order valence-corrected chi connectivity index (χ1v) is 5.01. The van der Waals surface area contributed by atoms with Crippen LogP contribution in [0.1, 0.15) is 6.92 Å². The molecule has 0 atom stereocenters. The highest BCUT2D eigenvalue weighted by Gasteiger charge is 2.01. The van der Waals surface area contributed by atoms with Gasteiger partial charge in [-0.05, 0) is 6.92 Å². The molecule has 1 aromatic heterocycles. The van der Waals surface area contributed by atoms with Gasteiger partial charge in [0, 0.05) is 12.7 Å². The largest absolute Gasteiger partial charge is 0.375 e. The highest BCUT2D eigenvalue weighted by molar-refractivity contribution is 5.75. The highest BCUT2D eigenvalue weighted by atomic mass is 16.5. The van der Waals surface area contributed by atoms with Crippen LogP contribution in [0, 0.1) is 0 Å². The van der Waals surface area contributed by atoms with Crippen LogP contribution < -0.4 is 5.32 Å². The van der Waals surface area contributed by atoms with Gasteiger partial charge in [-0.3, -0.25) is 4.79 Å². The Hall–Kier alpha value is -1.69. The van der Waals surface area contributed by atoms with Crippen molar-refractivity contribution in [3.63, 3.8) is 0 Å². The van der Waals surface area contributed by atoms with Gasteiger partial charge in [-0.25, -0.2) is 4.68 Å². The Morgan fingerprint density at radius 3 is 3.06 bits per heavy atom. The third kappa shape index (κ3) is 5.26. The molecule has 6 heteroatoms. The Bertz CT molecular complexity index is 335. The van der Waals surface area contributed by atoms with Crippen molar-refractivity contribution in [1.29, 1.82) is 0 Å². The van der Waals surface area contributed by atoms with E-state index in [-0.39, 0.29) is 12.5 Å². The van der Waals surface area contributed by atoms with E-state index in [1.807, 2.05) is 6.92 Å². The number of amides is 1. The van der Waals surface area contributed by atoms with Crippen molar-refractivity contribution in [2.45, 2.75) is 13.5 Å². The number of nitrogens with one attached hydrogen (secondary N) is 1. The molecule has 1 N–H and O–H groups in total. The molecule has 16 heavy (non-hydrogen) atoms. The van der Waals surface area contributed by atoms with E-state index in [0.29, 0.717) is 19.8 Å². The molecule has 1 heterocycles. The Kier molecular flexibility index (Phi) is 5.21. The summed E-state index contributed by atoms with van der Waals surface area (Å²) in [6.45, 7) is 7.28. The molecule has 88 valence electrons. The second-order valence-electron chi connectivity index (χ2n) is 3.46. The van der Waals surface area contributed by atoms with Gasteiger partial charge in [0.1, 0.15) is 6.54 Å². The summed E-state index contributed by atoms with van der Waals surface area (Å²) in [5.41, 5.74) is 0.967. The minimum atomic E-state index is -0.107. The molecule has 0 saturated heterocycles. The van der Waals surface area contributed by atoms with E-state index in [0.717, 1.165) is 5.57 Å². The monoisotopic (exact) mass is 224 g/mol. The fraction of sp³-hybridized carbons (Fsp3) is 0.500. The molecule has 0 aliphatic heterocycles. The van der Waals surface area contributed by atoms with Crippen LogP contribution in [0.4, 0.5) is 0 Å². The number of aromatic nitrogens is 3. The lowest BCUT2D eigenvalue weighted by Gasteiger charge is -2.06. The van der Waals surface area contributed by atoms with E-state index in [4.69, 9.17) is 4.74 Å². The first-order chi connectivity index (χ1) is 7.68. The summed E-state index contributed by atoms with van der Waals surface area (Å²) in [5, 5.41) is 10.0. The number of ether oxygens (including phenoxy) is 1. The van der Waals surface area contributed by atoms with Crippen LogP contribution in [0.5, 0.6) is 0 Å². The average Bonchev–Trinajstić information content (AvgIpc) is 2.69. The molecule has 1 aromatic rings. The molecule has 0 aliphatic rings. The van der Waals surface area contributed by atoms with Gasteiger partial charge in [-0.1, -0.05) is 17.4 Å². The Balaban J connectivity index is 2.05. The molecular formula is C10H16N4O2. The maximum absolute atomic E-state index is 11.3. The van der Waals surface area contributed by atoms with Crippen LogP contribution in [0.25, 0.3) is 0 Å². The zero-order valence-electron chi connectivity index (χ0n) is 9.35. The summed E-state index contributed by atoms with van der Waals surface area (Å²) in [6, 6.07) is 0. The lowest BCUT2D eigenvalue weighted by atomic mass is 10.4. The molecule has 6 nitrogen and oxygen atoms in total. The van der Waals surface area contributed by atoms with Crippen LogP contribution >= 0.6 is 0 Å². The lowest BCUT2D eigenvalue weighted by molar-refractivity contribution is -0.122. The van der Waals surface area contributed by atoms with Crippen LogP contribution in [-0.2, 0) is 16.1 Å². The Labute approximate surface area is 94.3 Å². The molecule has 0 unspecified atom stereocenters. The molecule has 0 saturated carbocycles. The van der Waals surface area contributed by atoms with E-state index in [1.165, 1.54) is 10.9 Å². The maximum Gasteiger partial charge on any atom is 0.241 e. The normalized spacial score (nSPS) is 10.1. The number of carbonyl (C=O) groups is 1. The summed E-state index contributed by atoms with van der Waals surface area (Å²) in [7, 11) is 0. The van der Waals surface area contributed by atoms with Crippen molar-refractivity contribution in [2.24, 2.45) is 0 Å². The summed E-state index contributed by atoms with van der Waals surface area (Å²) >= 11 is 0. The number of hydrogen-bond acceptors (Lipinski definition) is 4. The summed E-state index contributed by atoms with van der Waals surface area (Å²) < 4.78 is 6.69. The van der Waals surface area contributed by atoms with E-state index in [1.54, 1.807) is 6.20 Å². The standard InChI is InChI=1S/C10H16N4O2/c1-9(2)8-16-6-4-11-10(15)7-14-5-3-12-13-14/h3,5H,1,4,6-8H2,2H3,(H,11,15). The molecule has 0 aromatic carbocycles. The van der Waals surface area contributed by atoms with E-state index in [2.05, 4.69) is 22.2 Å². The first kappa shape index (κ1) is 12.4. The number of carbonyl (C=O) groups excluding carboxylic acids is 1. The molecule has 0 fully saturated rings. The van der Waals surface area contributed by atoms with Gasteiger partial charge in [0.15, 0.2) is 0 Å². The summed E-state index contributed by atoms with van der Waals surface area (Å²) in [5.74, 6) is -0.107. The highest BCUT2D eigenvalue weighted by Crippen LogP contribution is 1.87. The maximum atomic E-state index is 11.3. The van der Waals surface area contributed by atoms with Crippen molar-refractivity contribution >= 4 is 5.91 Å². The van der Waals surface area contributed by atoms with Crippen LogP contribution in [0.2, 0.25) is 0 Å². The quantitative estimate of drug-likeness (QED) is 0.522. The molecule has 0 aliphatic carbocycles. The predicted octanol–water partition coefficient (Wildman–Crippen LogP) is -0.0130. The molecule has 0 radical (unpaired) electrons. The third-order valence-corrected chi connectivity index (χ3v) is 1.69. The van der Waals surface area contributed by atoms with Gasteiger partial charge in [-0.15, -0.1) is 5.10 Å². The second kappa shape index (κ2) is 6.73. The first-order valence-electron chi connectivity index (χ1n) is 5.01. The summed E-state index contributed by atoms with van der Waals surface area (Å²) in [6.07, 6.45) is 3.17. The van der Waals surface area contributed by atoms with Crippen LogP contribution in [-0.4, -0.2) is 40.7 Å². The van der Waals surface area contributed by atoms with Crippen LogP contribution in [0.3, 0.4) is 0 Å². The lowest BCUT2D eigenvalue weighted by Crippen LogP contribution is -2.30. The average molecular weight is 224 g/mol. The molecule has 1 rings (SSSR count). The molecular weight excluding hydrogens is 208 g/mol. The van der Waals surface area contributed by atoms with Gasteiger partial charge < -0.3 is 10.1 Å². The van der Waals surface area contributed by atoms with Gasteiger partial charge >= 0.3 is 0 Å². The number of rotatable bonds is 7. The van der Waals surface area contributed by atoms with E-state index in [9.17, 15) is 4.79 Å².